The Morgan fingerprint density at radius 3 is 2.58 bits per heavy atom. The number of fused-ring (bicyclic) bond motifs is 2. The molecule has 4 nitrogen and oxygen atoms in total. The van der Waals surface area contributed by atoms with Gasteiger partial charge in [0.05, 0.1) is 13.2 Å². The molecule has 12 heavy (non-hydrogen) atoms. The molecule has 0 aromatic carbocycles. The van der Waals surface area contributed by atoms with Gasteiger partial charge in [0.25, 0.3) is 0 Å². The fourth-order valence-corrected chi connectivity index (χ4v) is 1.93. The van der Waals surface area contributed by atoms with E-state index < -0.39 is 23.3 Å². The summed E-state index contributed by atoms with van der Waals surface area (Å²) in [5, 5.41) is 19.0. The largest absolute Gasteiger partial charge is 0.393 e. The van der Waals surface area contributed by atoms with Crippen LogP contribution in [0.15, 0.2) is 0 Å². The van der Waals surface area contributed by atoms with E-state index in [1.807, 2.05) is 0 Å². The van der Waals surface area contributed by atoms with Crippen LogP contribution < -0.4 is 0 Å². The van der Waals surface area contributed by atoms with Gasteiger partial charge < -0.3 is 19.7 Å². The first-order chi connectivity index (χ1) is 5.53. The molecule has 2 fully saturated rings. The number of hydrogen-bond acceptors (Lipinski definition) is 4. The predicted octanol–water partition coefficient (Wildman–Crippen LogP) is -1.61. The van der Waals surface area contributed by atoms with Crippen molar-refractivity contribution in [1.29, 1.82) is 0 Å². The summed E-state index contributed by atoms with van der Waals surface area (Å²) in [6, 6.07) is -0.638. The molecule has 2 aliphatic rings. The highest BCUT2D eigenvalue weighted by molar-refractivity contribution is 6.12. The van der Waals surface area contributed by atoms with Crippen molar-refractivity contribution < 1.29 is 19.7 Å². The highest BCUT2D eigenvalue weighted by Crippen LogP contribution is 2.46. The summed E-state index contributed by atoms with van der Waals surface area (Å²) in [5.41, 5.74) is -2.20. The normalized spacial score (nSPS) is 57.9. The molecular formula is C7H11BO4. The molecular weight excluding hydrogens is 159 g/mol. The lowest BCUT2D eigenvalue weighted by Gasteiger charge is -2.31. The smallest absolute Gasteiger partial charge is 0.145 e. The molecule has 2 saturated heterocycles. The molecule has 2 aliphatic heterocycles. The Morgan fingerprint density at radius 1 is 1.67 bits per heavy atom. The van der Waals surface area contributed by atoms with Crippen molar-refractivity contribution >= 4 is 7.85 Å². The Balaban J connectivity index is 2.36. The second kappa shape index (κ2) is 2.23. The molecule has 5 heteroatoms. The van der Waals surface area contributed by atoms with Gasteiger partial charge >= 0.3 is 0 Å². The van der Waals surface area contributed by atoms with Crippen molar-refractivity contribution in [3.8, 4) is 0 Å². The number of hydrogen-bond donors (Lipinski definition) is 2. The lowest BCUT2D eigenvalue weighted by Crippen LogP contribution is -2.52. The van der Waals surface area contributed by atoms with Crippen LogP contribution in [-0.4, -0.2) is 54.6 Å². The van der Waals surface area contributed by atoms with Gasteiger partial charge in [-0.05, 0) is 6.92 Å². The zero-order valence-corrected chi connectivity index (χ0v) is 6.86. The van der Waals surface area contributed by atoms with E-state index in [1.54, 1.807) is 6.92 Å². The molecule has 0 aromatic heterocycles. The molecule has 0 amide bonds. The Labute approximate surface area is 71.9 Å². The molecule has 2 heterocycles. The van der Waals surface area contributed by atoms with Gasteiger partial charge in [-0.1, -0.05) is 0 Å². The maximum atomic E-state index is 9.92. The summed E-state index contributed by atoms with van der Waals surface area (Å²) in [6.07, 6.45) is -0.523. The van der Waals surface area contributed by atoms with Crippen LogP contribution in [0.3, 0.4) is 0 Å². The van der Waals surface area contributed by atoms with E-state index in [-0.39, 0.29) is 13.2 Å². The van der Waals surface area contributed by atoms with Gasteiger partial charge in [0.2, 0.25) is 0 Å². The maximum absolute atomic E-state index is 9.92. The first-order valence-corrected chi connectivity index (χ1v) is 3.92. The van der Waals surface area contributed by atoms with Crippen molar-refractivity contribution in [3.05, 3.63) is 0 Å². The second-order valence-electron chi connectivity index (χ2n) is 3.61. The van der Waals surface area contributed by atoms with Crippen LogP contribution in [-0.2, 0) is 9.47 Å². The van der Waals surface area contributed by atoms with E-state index in [4.69, 9.17) is 22.4 Å². The second-order valence-corrected chi connectivity index (χ2v) is 3.61. The molecule has 0 spiro atoms. The zero-order valence-electron chi connectivity index (χ0n) is 6.86. The minimum atomic E-state index is -1.18. The van der Waals surface area contributed by atoms with Crippen LogP contribution in [0.5, 0.6) is 0 Å². The molecule has 66 valence electrons. The van der Waals surface area contributed by atoms with Gasteiger partial charge in [-0.15, -0.1) is 0 Å². The van der Waals surface area contributed by atoms with Crippen LogP contribution in [0.4, 0.5) is 0 Å². The number of aliphatic hydroxyl groups excluding tert-OH is 1. The average molecular weight is 170 g/mol. The van der Waals surface area contributed by atoms with Crippen molar-refractivity contribution in [1.82, 2.24) is 0 Å². The summed E-state index contributed by atoms with van der Waals surface area (Å²) in [7, 11) is 5.54. The van der Waals surface area contributed by atoms with Crippen LogP contribution >= 0.6 is 0 Å². The van der Waals surface area contributed by atoms with Crippen molar-refractivity contribution in [2.24, 2.45) is 0 Å². The minimum Gasteiger partial charge on any atom is -0.393 e. The first-order valence-electron chi connectivity index (χ1n) is 3.92. The number of aliphatic hydroxyl groups is 2. The van der Waals surface area contributed by atoms with E-state index in [0.717, 1.165) is 0 Å². The monoisotopic (exact) mass is 170 g/mol. The van der Waals surface area contributed by atoms with Crippen molar-refractivity contribution in [2.75, 3.05) is 13.2 Å². The third kappa shape index (κ3) is 0.725. The number of ether oxygens (including phenoxy) is 2. The lowest BCUT2D eigenvalue weighted by atomic mass is 9.82. The molecule has 4 atom stereocenters. The SMILES string of the molecule is [B][C@@H]1O[C@]2(CO)CO[C@H]1[C@@]2(C)O. The van der Waals surface area contributed by atoms with Gasteiger partial charge in [-0.2, -0.15) is 0 Å². The molecule has 0 aliphatic carbocycles. The Morgan fingerprint density at radius 2 is 2.33 bits per heavy atom. The quantitative estimate of drug-likeness (QED) is 0.465. The Bertz CT molecular complexity index is 208. The highest BCUT2D eigenvalue weighted by Gasteiger charge is 2.66. The summed E-state index contributed by atoms with van der Waals surface area (Å²) in [6.45, 7) is 1.51. The summed E-state index contributed by atoms with van der Waals surface area (Å²) < 4.78 is 10.5. The minimum absolute atomic E-state index is 0.203. The van der Waals surface area contributed by atoms with Crippen molar-refractivity contribution in [2.45, 2.75) is 30.2 Å². The van der Waals surface area contributed by atoms with E-state index in [0.29, 0.717) is 0 Å². The van der Waals surface area contributed by atoms with E-state index in [2.05, 4.69) is 0 Å². The third-order valence-corrected chi connectivity index (χ3v) is 2.89. The molecule has 0 aromatic rings. The van der Waals surface area contributed by atoms with Crippen LogP contribution in [0.2, 0.25) is 0 Å². The fraction of sp³-hybridized carbons (Fsp3) is 1.00. The zero-order chi connectivity index (χ0) is 8.98. The van der Waals surface area contributed by atoms with Gasteiger partial charge in [-0.3, -0.25) is 0 Å². The third-order valence-electron chi connectivity index (χ3n) is 2.89. The molecule has 0 unspecified atom stereocenters. The highest BCUT2D eigenvalue weighted by atomic mass is 16.6. The van der Waals surface area contributed by atoms with Gasteiger partial charge in [0.1, 0.15) is 25.2 Å². The number of rotatable bonds is 1. The molecule has 2 N–H and O–H groups in total. The summed E-state index contributed by atoms with van der Waals surface area (Å²) in [4.78, 5) is 0. The first kappa shape index (κ1) is 8.50. The van der Waals surface area contributed by atoms with E-state index in [9.17, 15) is 5.11 Å². The standard InChI is InChI=1S/C7H11BO4/c1-6(10)4-5(8)12-7(6,2-9)3-11-4/h4-5,9-10H,2-3H2,1H3/t4-,5-,6-,7-/m1/s1. The topological polar surface area (TPSA) is 58.9 Å². The molecule has 2 bridgehead atoms. The van der Waals surface area contributed by atoms with Crippen LogP contribution in [0, 0.1) is 0 Å². The predicted molar refractivity (Wildman–Crippen MR) is 40.8 cm³/mol. The Kier molecular flexibility index (Phi) is 1.58. The molecule has 0 saturated carbocycles. The van der Waals surface area contributed by atoms with Crippen molar-refractivity contribution in [3.63, 3.8) is 0 Å². The maximum Gasteiger partial charge on any atom is 0.145 e. The molecule has 2 radical (unpaired) electrons. The summed E-state index contributed by atoms with van der Waals surface area (Å²) in [5.74, 6) is 0. The average Bonchev–Trinajstić information content (AvgIpc) is 2.35. The van der Waals surface area contributed by atoms with Gasteiger partial charge in [-0.25, -0.2) is 0 Å². The fourth-order valence-electron chi connectivity index (χ4n) is 1.93. The summed E-state index contributed by atoms with van der Waals surface area (Å²) >= 11 is 0. The molecule has 2 rings (SSSR count). The Hall–Kier alpha value is -0.0951. The van der Waals surface area contributed by atoms with E-state index >= 15 is 0 Å². The van der Waals surface area contributed by atoms with Gasteiger partial charge in [0, 0.05) is 6.00 Å². The van der Waals surface area contributed by atoms with Crippen LogP contribution in [0.1, 0.15) is 6.92 Å². The lowest BCUT2D eigenvalue weighted by molar-refractivity contribution is -0.148. The van der Waals surface area contributed by atoms with Crippen LogP contribution in [0.25, 0.3) is 0 Å². The van der Waals surface area contributed by atoms with E-state index in [1.165, 1.54) is 0 Å². The van der Waals surface area contributed by atoms with Gasteiger partial charge in [0.15, 0.2) is 0 Å².